The summed E-state index contributed by atoms with van der Waals surface area (Å²) < 4.78 is 32.5. The second-order valence-electron chi connectivity index (χ2n) is 3.57. The number of nitrogens with zero attached hydrogens (tertiary/aromatic N) is 1. The zero-order valence-corrected chi connectivity index (χ0v) is 10.1. The molecular weight excluding hydrogens is 228 g/mol. The molecular formula is C10H18N2O3S. The lowest BCUT2D eigenvalue weighted by Crippen LogP contribution is -2.46. The quantitative estimate of drug-likeness (QED) is 0.528. The van der Waals surface area contributed by atoms with Gasteiger partial charge in [-0.05, 0) is 12.8 Å². The third-order valence-electron chi connectivity index (χ3n) is 2.34. The van der Waals surface area contributed by atoms with E-state index in [9.17, 15) is 8.42 Å². The summed E-state index contributed by atoms with van der Waals surface area (Å²) in [6, 6.07) is 0. The fourth-order valence-corrected chi connectivity index (χ4v) is 2.65. The van der Waals surface area contributed by atoms with Crippen LogP contribution in [0.15, 0.2) is 0 Å². The molecule has 1 fully saturated rings. The predicted molar refractivity (Wildman–Crippen MR) is 62.0 cm³/mol. The molecule has 0 aromatic heterocycles. The Kier molecular flexibility index (Phi) is 5.77. The van der Waals surface area contributed by atoms with Crippen LogP contribution in [0.1, 0.15) is 19.3 Å². The van der Waals surface area contributed by atoms with Crippen LogP contribution >= 0.6 is 0 Å². The maximum absolute atomic E-state index is 11.7. The van der Waals surface area contributed by atoms with Gasteiger partial charge in [0.2, 0.25) is 0 Å². The van der Waals surface area contributed by atoms with Crippen LogP contribution in [0.25, 0.3) is 0 Å². The molecule has 16 heavy (non-hydrogen) atoms. The highest BCUT2D eigenvalue weighted by molar-refractivity contribution is 7.87. The van der Waals surface area contributed by atoms with Gasteiger partial charge in [0, 0.05) is 26.1 Å². The maximum Gasteiger partial charge on any atom is 0.279 e. The van der Waals surface area contributed by atoms with Crippen molar-refractivity contribution in [3.8, 4) is 12.3 Å². The second kappa shape index (κ2) is 6.86. The highest BCUT2D eigenvalue weighted by atomic mass is 32.2. The lowest BCUT2D eigenvalue weighted by molar-refractivity contribution is 0.0725. The molecule has 5 nitrogen and oxygen atoms in total. The van der Waals surface area contributed by atoms with Gasteiger partial charge in [0.1, 0.15) is 0 Å². The average molecular weight is 246 g/mol. The third kappa shape index (κ3) is 4.49. The zero-order chi connectivity index (χ0) is 11.9. The molecule has 0 atom stereocenters. The summed E-state index contributed by atoms with van der Waals surface area (Å²) in [6.45, 7) is 2.25. The van der Waals surface area contributed by atoms with Gasteiger partial charge in [-0.15, -0.1) is 12.3 Å². The molecule has 1 heterocycles. The van der Waals surface area contributed by atoms with Crippen LogP contribution in [0.4, 0.5) is 0 Å². The van der Waals surface area contributed by atoms with E-state index in [0.717, 1.165) is 12.8 Å². The molecule has 0 unspecified atom stereocenters. The Morgan fingerprint density at radius 2 is 2.00 bits per heavy atom. The number of morpholine rings is 1. The summed E-state index contributed by atoms with van der Waals surface area (Å²) in [4.78, 5) is 0. The Labute approximate surface area is 97.3 Å². The summed E-state index contributed by atoms with van der Waals surface area (Å²) in [5, 5.41) is 0. The molecule has 6 heteroatoms. The molecule has 1 N–H and O–H groups in total. The van der Waals surface area contributed by atoms with Gasteiger partial charge in [-0.3, -0.25) is 0 Å². The molecule has 92 valence electrons. The third-order valence-corrected chi connectivity index (χ3v) is 3.96. The first kappa shape index (κ1) is 13.5. The van der Waals surface area contributed by atoms with E-state index in [1.165, 1.54) is 4.31 Å². The van der Waals surface area contributed by atoms with Crippen molar-refractivity contribution in [3.05, 3.63) is 0 Å². The Hall–Kier alpha value is -0.610. The summed E-state index contributed by atoms with van der Waals surface area (Å²) in [6.07, 6.45) is 7.42. The number of rotatable bonds is 6. The van der Waals surface area contributed by atoms with Crippen molar-refractivity contribution in [1.29, 1.82) is 0 Å². The highest BCUT2D eigenvalue weighted by Crippen LogP contribution is 2.03. The standard InChI is InChI=1S/C10H18N2O3S/c1-2-3-4-5-6-11-16(13,14)12-7-9-15-10-8-12/h1,11H,3-10H2. The smallest absolute Gasteiger partial charge is 0.279 e. The molecule has 0 amide bonds. The summed E-state index contributed by atoms with van der Waals surface area (Å²) in [7, 11) is -3.32. The van der Waals surface area contributed by atoms with Crippen molar-refractivity contribution in [2.24, 2.45) is 0 Å². The minimum Gasteiger partial charge on any atom is -0.379 e. The topological polar surface area (TPSA) is 58.6 Å². The van der Waals surface area contributed by atoms with E-state index in [4.69, 9.17) is 11.2 Å². The molecule has 1 aliphatic heterocycles. The molecule has 0 saturated carbocycles. The Balaban J connectivity index is 2.25. The predicted octanol–water partition coefficient (Wildman–Crippen LogP) is -0.0435. The number of ether oxygens (including phenoxy) is 1. The number of hydrogen-bond acceptors (Lipinski definition) is 3. The highest BCUT2D eigenvalue weighted by Gasteiger charge is 2.23. The SMILES string of the molecule is C#CCCCCNS(=O)(=O)N1CCOCC1. The molecule has 1 aliphatic rings. The minimum absolute atomic E-state index is 0.430. The van der Waals surface area contributed by atoms with Crippen LogP contribution in [0.2, 0.25) is 0 Å². The molecule has 0 aromatic rings. The molecule has 0 bridgehead atoms. The van der Waals surface area contributed by atoms with Gasteiger partial charge >= 0.3 is 0 Å². The molecule has 1 saturated heterocycles. The van der Waals surface area contributed by atoms with Crippen molar-refractivity contribution in [1.82, 2.24) is 9.03 Å². The van der Waals surface area contributed by atoms with E-state index >= 15 is 0 Å². The second-order valence-corrected chi connectivity index (χ2v) is 5.33. The number of unbranched alkanes of at least 4 members (excludes halogenated alkanes) is 2. The van der Waals surface area contributed by atoms with Crippen molar-refractivity contribution in [2.45, 2.75) is 19.3 Å². The van der Waals surface area contributed by atoms with E-state index in [1.807, 2.05) is 0 Å². The van der Waals surface area contributed by atoms with Gasteiger partial charge in [-0.1, -0.05) is 0 Å². The minimum atomic E-state index is -3.32. The van der Waals surface area contributed by atoms with E-state index in [-0.39, 0.29) is 0 Å². The number of terminal acetylenes is 1. The van der Waals surface area contributed by atoms with Gasteiger partial charge in [0.15, 0.2) is 0 Å². The van der Waals surface area contributed by atoms with Crippen LogP contribution in [0, 0.1) is 12.3 Å². The van der Waals surface area contributed by atoms with Crippen LogP contribution in [-0.2, 0) is 14.9 Å². The molecule has 0 aliphatic carbocycles. The van der Waals surface area contributed by atoms with Gasteiger partial charge in [0.25, 0.3) is 10.2 Å². The summed E-state index contributed by atoms with van der Waals surface area (Å²) in [5.74, 6) is 2.52. The van der Waals surface area contributed by atoms with E-state index in [0.29, 0.717) is 39.3 Å². The van der Waals surface area contributed by atoms with Crippen LogP contribution in [0.5, 0.6) is 0 Å². The maximum atomic E-state index is 11.7. The van der Waals surface area contributed by atoms with Crippen LogP contribution in [-0.4, -0.2) is 45.6 Å². The van der Waals surface area contributed by atoms with Crippen LogP contribution in [0.3, 0.4) is 0 Å². The Morgan fingerprint density at radius 3 is 2.62 bits per heavy atom. The van der Waals surface area contributed by atoms with Gasteiger partial charge in [0.05, 0.1) is 13.2 Å². The average Bonchev–Trinajstić information content (AvgIpc) is 2.30. The van der Waals surface area contributed by atoms with Gasteiger partial charge in [-0.2, -0.15) is 12.7 Å². The van der Waals surface area contributed by atoms with Crippen LogP contribution < -0.4 is 4.72 Å². The van der Waals surface area contributed by atoms with E-state index < -0.39 is 10.2 Å². The lowest BCUT2D eigenvalue weighted by Gasteiger charge is -2.26. The Morgan fingerprint density at radius 1 is 1.31 bits per heavy atom. The van der Waals surface area contributed by atoms with E-state index in [1.54, 1.807) is 0 Å². The van der Waals surface area contributed by atoms with Gasteiger partial charge < -0.3 is 4.74 Å². The summed E-state index contributed by atoms with van der Waals surface area (Å²) >= 11 is 0. The molecule has 0 spiro atoms. The molecule has 0 radical (unpaired) electrons. The van der Waals surface area contributed by atoms with Crippen molar-refractivity contribution in [2.75, 3.05) is 32.8 Å². The fraction of sp³-hybridized carbons (Fsp3) is 0.800. The Bertz CT molecular complexity index is 328. The van der Waals surface area contributed by atoms with E-state index in [2.05, 4.69) is 10.6 Å². The first-order valence-electron chi connectivity index (χ1n) is 5.43. The van der Waals surface area contributed by atoms with Gasteiger partial charge in [-0.25, -0.2) is 4.72 Å². The largest absolute Gasteiger partial charge is 0.379 e. The normalized spacial score (nSPS) is 18.2. The monoisotopic (exact) mass is 246 g/mol. The molecule has 1 rings (SSSR count). The first-order valence-corrected chi connectivity index (χ1v) is 6.87. The van der Waals surface area contributed by atoms with Crippen molar-refractivity contribution < 1.29 is 13.2 Å². The van der Waals surface area contributed by atoms with Crippen molar-refractivity contribution >= 4 is 10.2 Å². The van der Waals surface area contributed by atoms with Crippen molar-refractivity contribution in [3.63, 3.8) is 0 Å². The number of hydrogen-bond donors (Lipinski definition) is 1. The lowest BCUT2D eigenvalue weighted by atomic mass is 10.2. The summed E-state index contributed by atoms with van der Waals surface area (Å²) in [5.41, 5.74) is 0. The zero-order valence-electron chi connectivity index (χ0n) is 9.31. The first-order chi connectivity index (χ1) is 7.67. The molecule has 0 aromatic carbocycles. The number of nitrogens with one attached hydrogen (secondary N) is 1. The fourth-order valence-electron chi connectivity index (χ4n) is 1.43.